The molecule has 0 radical (unpaired) electrons. The van der Waals surface area contributed by atoms with E-state index in [0.717, 1.165) is 60.9 Å². The number of allylic oxidation sites excluding steroid dienone is 1. The molecule has 0 saturated carbocycles. The van der Waals surface area contributed by atoms with E-state index in [2.05, 4.69) is 16.0 Å². The number of carbonyl (C=O) groups excluding carboxylic acids is 2. The second-order valence-corrected chi connectivity index (χ2v) is 7.62. The highest BCUT2D eigenvalue weighted by Gasteiger charge is 2.25. The molecule has 1 N–H and O–H groups in total. The van der Waals surface area contributed by atoms with E-state index in [-0.39, 0.29) is 11.6 Å². The third-order valence-electron chi connectivity index (χ3n) is 5.71. The quantitative estimate of drug-likeness (QED) is 0.591. The molecule has 5 nitrogen and oxygen atoms in total. The van der Waals surface area contributed by atoms with Crippen molar-refractivity contribution >= 4 is 17.3 Å². The summed E-state index contributed by atoms with van der Waals surface area (Å²) in [5.41, 5.74) is 4.87. The Morgan fingerprint density at radius 3 is 2.36 bits per heavy atom. The largest absolute Gasteiger partial charge is 0.360 e. The van der Waals surface area contributed by atoms with Gasteiger partial charge in [0, 0.05) is 34.7 Å². The van der Waals surface area contributed by atoms with Crippen LogP contribution in [0.4, 0.5) is 5.69 Å². The molecule has 148 valence electrons. The molecule has 0 unspecified atom stereocenters. The van der Waals surface area contributed by atoms with Crippen molar-refractivity contribution in [3.8, 4) is 0 Å². The fraction of sp³-hybridized carbons (Fsp3) is 0.391. The fourth-order valence-electron chi connectivity index (χ4n) is 3.98. The summed E-state index contributed by atoms with van der Waals surface area (Å²) in [5.74, 6) is 0.310. The van der Waals surface area contributed by atoms with Crippen LogP contribution in [-0.4, -0.2) is 48.9 Å². The van der Waals surface area contributed by atoms with Gasteiger partial charge in [-0.2, -0.15) is 0 Å². The molecule has 0 bridgehead atoms. The van der Waals surface area contributed by atoms with Crippen LogP contribution in [0.15, 0.2) is 43.0 Å². The van der Waals surface area contributed by atoms with Crippen molar-refractivity contribution in [2.24, 2.45) is 0 Å². The van der Waals surface area contributed by atoms with Crippen LogP contribution in [0.25, 0.3) is 0 Å². The van der Waals surface area contributed by atoms with Crippen molar-refractivity contribution in [3.05, 3.63) is 65.5 Å². The molecule has 2 aromatic rings. The van der Waals surface area contributed by atoms with Crippen LogP contribution in [0.1, 0.15) is 39.0 Å². The summed E-state index contributed by atoms with van der Waals surface area (Å²) in [7, 11) is 0. The van der Waals surface area contributed by atoms with Gasteiger partial charge in [-0.15, -0.1) is 6.58 Å². The number of nitrogens with zero attached hydrogens (tertiary/aromatic N) is 2. The van der Waals surface area contributed by atoms with Gasteiger partial charge < -0.3 is 14.4 Å². The highest BCUT2D eigenvalue weighted by molar-refractivity contribution is 5.98. The van der Waals surface area contributed by atoms with Gasteiger partial charge in [0.2, 0.25) is 5.78 Å². The van der Waals surface area contributed by atoms with Gasteiger partial charge >= 0.3 is 0 Å². The molecular formula is C23H30N3O2+. The Hall–Kier alpha value is -2.66. The SMILES string of the molecule is C=CCn1c(C)cc(C(=O)C[NH+]2CCN(c3ccc(C(C)=O)cc3)CC2)c1C. The van der Waals surface area contributed by atoms with Gasteiger partial charge in [0.15, 0.2) is 5.78 Å². The molecule has 1 aromatic heterocycles. The zero-order chi connectivity index (χ0) is 20.3. The van der Waals surface area contributed by atoms with Gasteiger partial charge in [-0.25, -0.2) is 0 Å². The molecule has 0 atom stereocenters. The number of aromatic nitrogens is 1. The molecule has 1 aliphatic heterocycles. The van der Waals surface area contributed by atoms with Crippen molar-refractivity contribution < 1.29 is 14.5 Å². The monoisotopic (exact) mass is 380 g/mol. The number of carbonyl (C=O) groups is 2. The molecule has 1 aliphatic rings. The predicted octanol–water partition coefficient (Wildman–Crippen LogP) is 2.08. The van der Waals surface area contributed by atoms with Crippen molar-refractivity contribution in [1.82, 2.24) is 4.57 Å². The van der Waals surface area contributed by atoms with Crippen LogP contribution in [0, 0.1) is 13.8 Å². The van der Waals surface area contributed by atoms with E-state index < -0.39 is 0 Å². The lowest BCUT2D eigenvalue weighted by atomic mass is 10.1. The summed E-state index contributed by atoms with van der Waals surface area (Å²) in [6.07, 6.45) is 1.86. The molecule has 5 heteroatoms. The number of Topliss-reactive ketones (excluding diaryl/α,β-unsaturated/α-hetero) is 2. The predicted molar refractivity (Wildman–Crippen MR) is 113 cm³/mol. The normalized spacial score (nSPS) is 14.9. The molecule has 1 saturated heterocycles. The summed E-state index contributed by atoms with van der Waals surface area (Å²) in [6, 6.07) is 9.81. The number of nitrogens with one attached hydrogen (secondary N) is 1. The summed E-state index contributed by atoms with van der Waals surface area (Å²) in [4.78, 5) is 27.9. The fourth-order valence-corrected chi connectivity index (χ4v) is 3.98. The summed E-state index contributed by atoms with van der Waals surface area (Å²) in [6.45, 7) is 14.4. The van der Waals surface area contributed by atoms with E-state index in [9.17, 15) is 9.59 Å². The minimum Gasteiger partial charge on any atom is -0.360 e. The summed E-state index contributed by atoms with van der Waals surface area (Å²) >= 11 is 0. The Morgan fingerprint density at radius 2 is 1.79 bits per heavy atom. The zero-order valence-corrected chi connectivity index (χ0v) is 17.1. The van der Waals surface area contributed by atoms with Crippen LogP contribution in [-0.2, 0) is 6.54 Å². The van der Waals surface area contributed by atoms with Gasteiger partial charge in [0.05, 0.1) is 26.2 Å². The molecule has 2 heterocycles. The van der Waals surface area contributed by atoms with E-state index >= 15 is 0 Å². The lowest BCUT2D eigenvalue weighted by Gasteiger charge is -2.33. The maximum absolute atomic E-state index is 12.9. The second-order valence-electron chi connectivity index (χ2n) is 7.62. The Bertz CT molecular complexity index is 872. The molecule has 3 rings (SSSR count). The standard InChI is InChI=1S/C23H29N3O2/c1-5-10-26-17(2)15-22(18(26)3)23(28)16-24-11-13-25(14-12-24)21-8-6-20(7-9-21)19(4)27/h5-9,15H,1,10-14,16H2,2-4H3/p+1. The number of ketones is 2. The molecule has 0 spiro atoms. The Kier molecular flexibility index (Phi) is 6.15. The topological polar surface area (TPSA) is 46.8 Å². The minimum atomic E-state index is 0.0896. The van der Waals surface area contributed by atoms with Gasteiger partial charge in [0.25, 0.3) is 0 Å². The highest BCUT2D eigenvalue weighted by atomic mass is 16.1. The first-order valence-electron chi connectivity index (χ1n) is 9.91. The van der Waals surface area contributed by atoms with Crippen LogP contribution in [0.3, 0.4) is 0 Å². The van der Waals surface area contributed by atoms with E-state index in [1.54, 1.807) is 6.92 Å². The Labute approximate surface area is 167 Å². The number of piperazine rings is 1. The number of quaternary nitrogens is 1. The summed E-state index contributed by atoms with van der Waals surface area (Å²) in [5, 5.41) is 0. The minimum absolute atomic E-state index is 0.0896. The lowest BCUT2D eigenvalue weighted by molar-refractivity contribution is -0.892. The van der Waals surface area contributed by atoms with Crippen LogP contribution in [0.2, 0.25) is 0 Å². The average Bonchev–Trinajstić information content (AvgIpc) is 2.97. The Morgan fingerprint density at radius 1 is 1.14 bits per heavy atom. The number of aryl methyl sites for hydroxylation is 1. The second kappa shape index (κ2) is 8.57. The number of rotatable bonds is 7. The number of anilines is 1. The maximum Gasteiger partial charge on any atom is 0.218 e. The molecule has 0 amide bonds. The van der Waals surface area contributed by atoms with Gasteiger partial charge in [0.1, 0.15) is 6.54 Å². The van der Waals surface area contributed by atoms with Crippen molar-refractivity contribution in [3.63, 3.8) is 0 Å². The molecule has 0 aliphatic carbocycles. The van der Waals surface area contributed by atoms with E-state index in [1.807, 2.05) is 50.3 Å². The van der Waals surface area contributed by atoms with Gasteiger partial charge in [-0.3, -0.25) is 9.59 Å². The molecule has 28 heavy (non-hydrogen) atoms. The molecular weight excluding hydrogens is 350 g/mol. The first kappa shape index (κ1) is 20.1. The van der Waals surface area contributed by atoms with Gasteiger partial charge in [-0.05, 0) is 51.1 Å². The molecule has 1 fully saturated rings. The summed E-state index contributed by atoms with van der Waals surface area (Å²) < 4.78 is 2.14. The van der Waals surface area contributed by atoms with Crippen molar-refractivity contribution in [1.29, 1.82) is 0 Å². The maximum atomic E-state index is 12.9. The third-order valence-corrected chi connectivity index (χ3v) is 5.71. The smallest absolute Gasteiger partial charge is 0.218 e. The number of hydrogen-bond donors (Lipinski definition) is 1. The first-order chi connectivity index (χ1) is 13.4. The number of benzene rings is 1. The first-order valence-corrected chi connectivity index (χ1v) is 9.91. The highest BCUT2D eigenvalue weighted by Crippen LogP contribution is 2.17. The average molecular weight is 381 g/mol. The van der Waals surface area contributed by atoms with Gasteiger partial charge in [-0.1, -0.05) is 6.08 Å². The lowest BCUT2D eigenvalue weighted by Crippen LogP contribution is -3.15. The van der Waals surface area contributed by atoms with Crippen molar-refractivity contribution in [2.75, 3.05) is 37.6 Å². The van der Waals surface area contributed by atoms with Crippen molar-refractivity contribution in [2.45, 2.75) is 27.3 Å². The van der Waals surface area contributed by atoms with Crippen LogP contribution >= 0.6 is 0 Å². The van der Waals surface area contributed by atoms with Crippen LogP contribution < -0.4 is 9.80 Å². The van der Waals surface area contributed by atoms with E-state index in [4.69, 9.17) is 0 Å². The zero-order valence-electron chi connectivity index (χ0n) is 17.1. The third kappa shape index (κ3) is 4.25. The Balaban J connectivity index is 1.58. The van der Waals surface area contributed by atoms with E-state index in [0.29, 0.717) is 6.54 Å². The van der Waals surface area contributed by atoms with Crippen LogP contribution in [0.5, 0.6) is 0 Å². The number of hydrogen-bond acceptors (Lipinski definition) is 3. The van der Waals surface area contributed by atoms with E-state index in [1.165, 1.54) is 4.90 Å². The molecule has 1 aromatic carbocycles.